The normalized spacial score (nSPS) is 15.5. The number of aromatic nitrogens is 2. The van der Waals surface area contributed by atoms with Crippen LogP contribution < -0.4 is 14.8 Å². The molecule has 6 nitrogen and oxygen atoms in total. The maximum atomic E-state index is 12.8. The number of nitrogens with one attached hydrogen (secondary N) is 1. The third-order valence-electron chi connectivity index (χ3n) is 4.88. The van der Waals surface area contributed by atoms with Gasteiger partial charge in [-0.3, -0.25) is 9.48 Å². The van der Waals surface area contributed by atoms with Gasteiger partial charge in [-0.15, -0.1) is 0 Å². The molecule has 0 spiro atoms. The number of ether oxygens (including phenoxy) is 2. The van der Waals surface area contributed by atoms with Gasteiger partial charge in [-0.05, 0) is 45.4 Å². The van der Waals surface area contributed by atoms with Gasteiger partial charge in [0.05, 0.1) is 17.7 Å². The van der Waals surface area contributed by atoms with Gasteiger partial charge in [-0.1, -0.05) is 15.9 Å². The van der Waals surface area contributed by atoms with E-state index in [0.717, 1.165) is 32.7 Å². The van der Waals surface area contributed by atoms with Crippen LogP contribution in [0.15, 0.2) is 16.6 Å². The number of rotatable bonds is 4. The number of fused-ring (bicyclic) bond motifs is 1. The molecule has 26 heavy (non-hydrogen) atoms. The van der Waals surface area contributed by atoms with Crippen LogP contribution in [-0.2, 0) is 11.8 Å². The molecule has 3 rings (SSSR count). The van der Waals surface area contributed by atoms with Crippen molar-refractivity contribution in [2.75, 3.05) is 13.2 Å². The first-order chi connectivity index (χ1) is 12.3. The van der Waals surface area contributed by atoms with Crippen molar-refractivity contribution in [1.82, 2.24) is 15.1 Å². The van der Waals surface area contributed by atoms with Gasteiger partial charge in [0, 0.05) is 22.8 Å². The third kappa shape index (κ3) is 3.45. The zero-order valence-corrected chi connectivity index (χ0v) is 17.3. The fourth-order valence-corrected chi connectivity index (χ4v) is 4.04. The lowest BCUT2D eigenvalue weighted by Crippen LogP contribution is -2.31. The molecule has 0 unspecified atom stereocenters. The van der Waals surface area contributed by atoms with Crippen molar-refractivity contribution in [2.24, 2.45) is 7.05 Å². The molecule has 2 heterocycles. The smallest absolute Gasteiger partial charge is 0.227 e. The van der Waals surface area contributed by atoms with Gasteiger partial charge >= 0.3 is 0 Å². The zero-order valence-electron chi connectivity index (χ0n) is 15.7. The molecule has 2 aromatic rings. The Kier molecular flexibility index (Phi) is 5.27. The zero-order chi connectivity index (χ0) is 19.0. The summed E-state index contributed by atoms with van der Waals surface area (Å²) in [6.45, 7) is 8.88. The lowest BCUT2D eigenvalue weighted by Gasteiger charge is -2.23. The maximum absolute atomic E-state index is 12.8. The summed E-state index contributed by atoms with van der Waals surface area (Å²) in [7, 11) is 1.89. The number of hydrogen-bond donors (Lipinski definition) is 1. The molecular formula is C19H24BrN3O3. The molecule has 7 heteroatoms. The van der Waals surface area contributed by atoms with Crippen LogP contribution in [0, 0.1) is 13.8 Å². The first-order valence-corrected chi connectivity index (χ1v) is 9.48. The minimum atomic E-state index is -0.276. The van der Waals surface area contributed by atoms with Gasteiger partial charge in [-0.25, -0.2) is 0 Å². The monoisotopic (exact) mass is 421 g/mol. The molecule has 0 radical (unpaired) electrons. The molecule has 140 valence electrons. The van der Waals surface area contributed by atoms with Crippen LogP contribution in [0.1, 0.15) is 48.3 Å². The molecule has 0 bridgehead atoms. The van der Waals surface area contributed by atoms with Crippen molar-refractivity contribution in [3.8, 4) is 11.5 Å². The van der Waals surface area contributed by atoms with Gasteiger partial charge in [0.15, 0.2) is 11.5 Å². The minimum Gasteiger partial charge on any atom is -0.486 e. The summed E-state index contributed by atoms with van der Waals surface area (Å²) in [5.74, 6) is 1.13. The Hall–Kier alpha value is -2.02. The number of carbonyl (C=O) groups is 1. The number of nitrogens with zero attached hydrogens (tertiary/aromatic N) is 2. The van der Waals surface area contributed by atoms with E-state index in [9.17, 15) is 4.79 Å². The number of amides is 1. The maximum Gasteiger partial charge on any atom is 0.227 e. The lowest BCUT2D eigenvalue weighted by molar-refractivity contribution is -0.122. The fourth-order valence-electron chi connectivity index (χ4n) is 3.38. The predicted octanol–water partition coefficient (Wildman–Crippen LogP) is 3.55. The largest absolute Gasteiger partial charge is 0.486 e. The Labute approximate surface area is 162 Å². The molecule has 1 aliphatic heterocycles. The Bertz CT molecular complexity index is 847. The predicted molar refractivity (Wildman–Crippen MR) is 103 cm³/mol. The highest BCUT2D eigenvalue weighted by atomic mass is 79.9. The number of aryl methyl sites for hydroxylation is 2. The summed E-state index contributed by atoms with van der Waals surface area (Å²) in [5.41, 5.74) is 3.84. The summed E-state index contributed by atoms with van der Waals surface area (Å²) >= 11 is 3.57. The van der Waals surface area contributed by atoms with Crippen LogP contribution >= 0.6 is 15.9 Å². The highest BCUT2D eigenvalue weighted by Crippen LogP contribution is 2.38. The van der Waals surface area contributed by atoms with Crippen molar-refractivity contribution >= 4 is 21.8 Å². The topological polar surface area (TPSA) is 65.4 Å². The van der Waals surface area contributed by atoms with Crippen LogP contribution in [0.25, 0.3) is 0 Å². The van der Waals surface area contributed by atoms with Crippen molar-refractivity contribution in [3.63, 3.8) is 0 Å². The van der Waals surface area contributed by atoms with E-state index in [0.29, 0.717) is 19.0 Å². The van der Waals surface area contributed by atoms with E-state index in [1.54, 1.807) is 0 Å². The number of carbonyl (C=O) groups excluding carboxylic acids is 1. The Morgan fingerprint density at radius 2 is 1.85 bits per heavy atom. The third-order valence-corrected chi connectivity index (χ3v) is 5.56. The average molecular weight is 422 g/mol. The first-order valence-electron chi connectivity index (χ1n) is 8.69. The molecule has 0 aliphatic carbocycles. The van der Waals surface area contributed by atoms with E-state index in [1.807, 2.05) is 51.6 Å². The van der Waals surface area contributed by atoms with Crippen LogP contribution in [0.4, 0.5) is 0 Å². The first kappa shape index (κ1) is 18.8. The van der Waals surface area contributed by atoms with E-state index in [1.165, 1.54) is 0 Å². The van der Waals surface area contributed by atoms with Crippen molar-refractivity contribution < 1.29 is 14.3 Å². The van der Waals surface area contributed by atoms with E-state index >= 15 is 0 Å². The molecule has 1 N–H and O–H groups in total. The molecule has 0 fully saturated rings. The van der Waals surface area contributed by atoms with E-state index in [4.69, 9.17) is 9.47 Å². The van der Waals surface area contributed by atoms with Crippen LogP contribution in [0.2, 0.25) is 0 Å². The summed E-state index contributed by atoms with van der Waals surface area (Å²) in [6, 6.07) is 3.65. The van der Waals surface area contributed by atoms with Crippen LogP contribution in [0.5, 0.6) is 11.5 Å². The molecule has 2 atom stereocenters. The quantitative estimate of drug-likeness (QED) is 0.819. The molecule has 1 aromatic carbocycles. The lowest BCUT2D eigenvalue weighted by atomic mass is 9.97. The van der Waals surface area contributed by atoms with Crippen molar-refractivity contribution in [1.29, 1.82) is 0 Å². The molecule has 0 saturated heterocycles. The van der Waals surface area contributed by atoms with Crippen molar-refractivity contribution in [2.45, 2.75) is 39.7 Å². The Morgan fingerprint density at radius 1 is 1.23 bits per heavy atom. The number of benzene rings is 1. The average Bonchev–Trinajstić information content (AvgIpc) is 2.85. The van der Waals surface area contributed by atoms with Gasteiger partial charge in [0.1, 0.15) is 13.2 Å². The highest BCUT2D eigenvalue weighted by Gasteiger charge is 2.25. The second-order valence-corrected chi connectivity index (χ2v) is 7.53. The Morgan fingerprint density at radius 3 is 2.42 bits per heavy atom. The summed E-state index contributed by atoms with van der Waals surface area (Å²) in [6.07, 6.45) is 0. The number of halogens is 1. The summed E-state index contributed by atoms with van der Waals surface area (Å²) in [4.78, 5) is 12.8. The second-order valence-electron chi connectivity index (χ2n) is 6.68. The summed E-state index contributed by atoms with van der Waals surface area (Å²) in [5, 5.41) is 7.52. The highest BCUT2D eigenvalue weighted by molar-refractivity contribution is 9.10. The van der Waals surface area contributed by atoms with E-state index in [-0.39, 0.29) is 17.9 Å². The van der Waals surface area contributed by atoms with Crippen molar-refractivity contribution in [3.05, 3.63) is 39.1 Å². The van der Waals surface area contributed by atoms with Crippen LogP contribution in [0.3, 0.4) is 0 Å². The van der Waals surface area contributed by atoms with E-state index in [2.05, 4.69) is 26.3 Å². The molecule has 1 amide bonds. The standard InChI is InChI=1S/C19H24BrN3O3/c1-10(18-12(3)22-23(5)13(18)4)19(24)21-11(2)14-8-16-17(9-15(14)20)26-7-6-25-16/h8-11H,6-7H2,1-5H3,(H,21,24)/t10-,11-/m1/s1. The molecule has 0 saturated carbocycles. The molecule has 1 aromatic heterocycles. The van der Waals surface area contributed by atoms with Gasteiger partial charge in [-0.2, -0.15) is 5.10 Å². The van der Waals surface area contributed by atoms with Gasteiger partial charge in [0.25, 0.3) is 0 Å². The molecule has 1 aliphatic rings. The fraction of sp³-hybridized carbons (Fsp3) is 0.474. The molecular weight excluding hydrogens is 398 g/mol. The summed E-state index contributed by atoms with van der Waals surface area (Å²) < 4.78 is 13.9. The van der Waals surface area contributed by atoms with Gasteiger partial charge < -0.3 is 14.8 Å². The minimum absolute atomic E-state index is 0.0292. The second kappa shape index (κ2) is 7.31. The number of hydrogen-bond acceptors (Lipinski definition) is 4. The van der Waals surface area contributed by atoms with E-state index < -0.39 is 0 Å². The van der Waals surface area contributed by atoms with Crippen LogP contribution in [-0.4, -0.2) is 28.9 Å². The Balaban J connectivity index is 1.79. The van der Waals surface area contributed by atoms with Gasteiger partial charge in [0.2, 0.25) is 5.91 Å². The SMILES string of the molecule is Cc1nn(C)c(C)c1[C@@H](C)C(=O)N[C@H](C)c1cc2c(cc1Br)OCCO2.